The molecule has 0 spiro atoms. The van der Waals surface area contributed by atoms with E-state index in [-0.39, 0.29) is 31.8 Å². The summed E-state index contributed by atoms with van der Waals surface area (Å²) >= 11 is 0. The molecule has 0 amide bonds. The van der Waals surface area contributed by atoms with Gasteiger partial charge in [-0.1, -0.05) is 48.0 Å². The van der Waals surface area contributed by atoms with E-state index in [0.29, 0.717) is 16.9 Å². The van der Waals surface area contributed by atoms with Crippen LogP contribution < -0.4 is 0 Å². The minimum atomic E-state index is -1.85. The number of ketones is 2. The lowest BCUT2D eigenvalue weighted by atomic mass is 9.92. The number of rotatable bonds is 11. The van der Waals surface area contributed by atoms with Crippen LogP contribution in [0.25, 0.3) is 20.6 Å². The molecule has 0 saturated carbocycles. The zero-order valence-electron chi connectivity index (χ0n) is 24.7. The van der Waals surface area contributed by atoms with Crippen LogP contribution >= 0.6 is 0 Å². The van der Waals surface area contributed by atoms with Crippen LogP contribution in [-0.2, 0) is 33.7 Å². The van der Waals surface area contributed by atoms with Crippen LogP contribution in [0.1, 0.15) is 41.7 Å². The fourth-order valence-electron chi connectivity index (χ4n) is 5.03. The normalized spacial score (nSPS) is 14.0. The van der Waals surface area contributed by atoms with Crippen LogP contribution in [0.5, 0.6) is 0 Å². The molecule has 0 aliphatic heterocycles. The maximum Gasteiger partial charge on any atom is 0.190 e. The third-order valence-electron chi connectivity index (χ3n) is 7.75. The van der Waals surface area contributed by atoms with E-state index in [4.69, 9.17) is 17.9 Å². The largest absolute Gasteiger partial charge is 0.380 e. The molecule has 7 nitrogen and oxygen atoms in total. The van der Waals surface area contributed by atoms with Crippen molar-refractivity contribution in [2.24, 2.45) is 0 Å². The van der Waals surface area contributed by atoms with Gasteiger partial charge < -0.3 is 14.4 Å². The maximum atomic E-state index is 13.9. The Morgan fingerprint density at radius 2 is 1.40 bits per heavy atom. The number of benzene rings is 3. The Kier molecular flexibility index (Phi) is 8.78. The Morgan fingerprint density at radius 3 is 1.95 bits per heavy atom. The van der Waals surface area contributed by atoms with Gasteiger partial charge in [-0.05, 0) is 80.5 Å². The quantitative estimate of drug-likeness (QED) is 0.204. The highest BCUT2D eigenvalue weighted by Gasteiger charge is 2.39. The topological polar surface area (TPSA) is 77.2 Å². The Labute approximate surface area is 247 Å². The zero-order chi connectivity index (χ0) is 30.7. The lowest BCUT2D eigenvalue weighted by Crippen LogP contribution is -2.49. The van der Waals surface area contributed by atoms with E-state index in [1.807, 2.05) is 55.8 Å². The molecule has 0 unspecified atom stereocenters. The number of carbonyl (C=O) groups is 2. The highest BCUT2D eigenvalue weighted by atomic mass is 16.5. The first kappa shape index (κ1) is 30.4. The fraction of sp³-hybridized carbons (Fsp3) is 0.314. The summed E-state index contributed by atoms with van der Waals surface area (Å²) in [5.74, 6) is -0.653. The Hall–Kier alpha value is -4.56. The second-order valence-electron chi connectivity index (χ2n) is 11.5. The molecule has 1 N–H and O–H groups in total. The van der Waals surface area contributed by atoms with Crippen molar-refractivity contribution in [1.29, 1.82) is 0 Å². The van der Waals surface area contributed by atoms with E-state index in [1.54, 1.807) is 37.3 Å². The average molecular weight is 562 g/mol. The second-order valence-corrected chi connectivity index (χ2v) is 11.5. The van der Waals surface area contributed by atoms with E-state index in [0.717, 1.165) is 33.2 Å². The van der Waals surface area contributed by atoms with Gasteiger partial charge in [-0.2, -0.15) is 0 Å². The van der Waals surface area contributed by atoms with Gasteiger partial charge in [0.05, 0.1) is 26.3 Å². The number of fused-ring (bicyclic) bond motifs is 1. The van der Waals surface area contributed by atoms with Crippen molar-refractivity contribution in [2.75, 3.05) is 6.61 Å². The van der Waals surface area contributed by atoms with Crippen molar-refractivity contribution in [3.05, 3.63) is 118 Å². The minimum absolute atomic E-state index is 0.0333. The van der Waals surface area contributed by atoms with E-state index in [1.165, 1.54) is 6.92 Å². The van der Waals surface area contributed by atoms with Gasteiger partial charge in [0.1, 0.15) is 11.2 Å². The number of hydrogen-bond acceptors (Lipinski definition) is 4. The highest BCUT2D eigenvalue weighted by Crippen LogP contribution is 2.27. The molecule has 42 heavy (non-hydrogen) atoms. The highest BCUT2D eigenvalue weighted by molar-refractivity contribution is 5.90. The first-order chi connectivity index (χ1) is 19.8. The molecule has 1 aromatic heterocycles. The molecule has 2 atom stereocenters. The van der Waals surface area contributed by atoms with Crippen molar-refractivity contribution in [1.82, 2.24) is 4.57 Å². The predicted molar refractivity (Wildman–Crippen MR) is 164 cm³/mol. The summed E-state index contributed by atoms with van der Waals surface area (Å²) in [4.78, 5) is 34.1. The number of aliphatic hydroxyl groups is 1. The smallest absolute Gasteiger partial charge is 0.190 e. The third kappa shape index (κ3) is 6.66. The number of ether oxygens (including phenoxy) is 1. The maximum absolute atomic E-state index is 13.9. The van der Waals surface area contributed by atoms with E-state index >= 15 is 0 Å². The first-order valence-corrected chi connectivity index (χ1v) is 13.8. The van der Waals surface area contributed by atoms with Crippen LogP contribution in [0.2, 0.25) is 0 Å². The minimum Gasteiger partial charge on any atom is -0.380 e. The molecule has 4 rings (SSSR count). The zero-order valence-corrected chi connectivity index (χ0v) is 24.7. The number of Topliss-reactive ketones (excluding diaryl/α,β-unsaturated/α-hetero) is 2. The first-order valence-electron chi connectivity index (χ1n) is 13.8. The molecular weight excluding hydrogens is 526 g/mol. The summed E-state index contributed by atoms with van der Waals surface area (Å²) in [6.45, 7) is 23.1. The summed E-state index contributed by atoms with van der Waals surface area (Å²) in [7, 11) is 0. The molecule has 0 bridgehead atoms. The summed E-state index contributed by atoms with van der Waals surface area (Å²) in [6.07, 6.45) is 1.94. The van der Waals surface area contributed by atoms with E-state index in [2.05, 4.69) is 15.8 Å². The van der Waals surface area contributed by atoms with Crippen molar-refractivity contribution in [3.8, 4) is 0 Å². The van der Waals surface area contributed by atoms with Crippen molar-refractivity contribution in [2.45, 2.75) is 65.2 Å². The average Bonchev–Trinajstić information content (AvgIpc) is 3.33. The van der Waals surface area contributed by atoms with Gasteiger partial charge in [0.15, 0.2) is 22.9 Å². The van der Waals surface area contributed by atoms with Gasteiger partial charge in [-0.25, -0.2) is 9.69 Å². The van der Waals surface area contributed by atoms with Crippen LogP contribution in [-0.4, -0.2) is 39.0 Å². The lowest BCUT2D eigenvalue weighted by Gasteiger charge is -2.33. The van der Waals surface area contributed by atoms with Gasteiger partial charge in [-0.15, -0.1) is 0 Å². The molecular formula is C35H35N3O4. The number of carbonyl (C=O) groups excluding carboxylic acids is 2. The van der Waals surface area contributed by atoms with Crippen LogP contribution in [0.4, 0.5) is 11.4 Å². The molecule has 214 valence electrons. The summed E-state index contributed by atoms with van der Waals surface area (Å²) in [5, 5.41) is 12.2. The van der Waals surface area contributed by atoms with Crippen LogP contribution in [0.15, 0.2) is 66.9 Å². The molecule has 0 saturated heterocycles. The SMILES string of the molecule is [C-]#[N+]c1ccc(CC(=O)[C@@](C)(O)CO[C@@](C)(Cn2ccc3cc(C)ccc32)C(=O)Cc2ccc([N+]#[C-])c(C)c2)cc1C. The van der Waals surface area contributed by atoms with Crippen molar-refractivity contribution < 1.29 is 19.4 Å². The molecule has 3 aromatic carbocycles. The van der Waals surface area contributed by atoms with Gasteiger partial charge >= 0.3 is 0 Å². The number of nitrogens with zero attached hydrogens (tertiary/aromatic N) is 3. The summed E-state index contributed by atoms with van der Waals surface area (Å²) < 4.78 is 8.20. The number of aromatic nitrogens is 1. The molecule has 0 fully saturated rings. The fourth-order valence-corrected chi connectivity index (χ4v) is 5.03. The van der Waals surface area contributed by atoms with Crippen LogP contribution in [0, 0.1) is 33.9 Å². The van der Waals surface area contributed by atoms with Gasteiger partial charge in [-0.3, -0.25) is 9.59 Å². The standard InChI is InChI=1S/C35H35N3O4/c1-23-8-13-31-28(16-23)14-15-38(31)21-35(5,33(40)20-27-10-12-30(37-7)25(3)18-27)42-22-34(4,41)32(39)19-26-9-11-29(36-6)24(2)17-26/h8-18,41H,19-22H2,1-5H3/t34-,35-/m0/s1. The third-order valence-corrected chi connectivity index (χ3v) is 7.75. The molecule has 7 heteroatoms. The monoisotopic (exact) mass is 561 g/mol. The van der Waals surface area contributed by atoms with Crippen molar-refractivity contribution in [3.63, 3.8) is 0 Å². The number of hydrogen-bond donors (Lipinski definition) is 1. The van der Waals surface area contributed by atoms with Gasteiger partial charge in [0, 0.05) is 24.6 Å². The predicted octanol–water partition coefficient (Wildman–Crippen LogP) is 6.82. The van der Waals surface area contributed by atoms with Gasteiger partial charge in [0.25, 0.3) is 0 Å². The van der Waals surface area contributed by atoms with Crippen LogP contribution in [0.3, 0.4) is 0 Å². The van der Waals surface area contributed by atoms with Crippen molar-refractivity contribution >= 4 is 33.8 Å². The summed E-state index contributed by atoms with van der Waals surface area (Å²) in [5.41, 5.74) is 2.90. The Morgan fingerprint density at radius 1 is 0.833 bits per heavy atom. The molecule has 0 aliphatic rings. The van der Waals surface area contributed by atoms with E-state index in [9.17, 15) is 14.7 Å². The molecule has 0 radical (unpaired) electrons. The Balaban J connectivity index is 1.59. The Bertz CT molecular complexity index is 1750. The number of aryl methyl sites for hydroxylation is 3. The molecule has 0 aliphatic carbocycles. The summed E-state index contributed by atoms with van der Waals surface area (Å²) in [6, 6.07) is 18.5. The lowest BCUT2D eigenvalue weighted by molar-refractivity contribution is -0.162. The van der Waals surface area contributed by atoms with E-state index < -0.39 is 17.0 Å². The molecule has 4 aromatic rings. The second kappa shape index (κ2) is 12.1. The molecule has 1 heterocycles. The van der Waals surface area contributed by atoms with Gasteiger partial charge in [0.2, 0.25) is 0 Å².